The Hall–Kier alpha value is -2.16. The van der Waals surface area contributed by atoms with Gasteiger partial charge in [-0.2, -0.15) is 0 Å². The molecule has 2 rings (SSSR count). The number of carbonyl (C=O) groups excluding carboxylic acids is 2. The Balaban J connectivity index is 2.13. The zero-order valence-corrected chi connectivity index (χ0v) is 18.8. The van der Waals surface area contributed by atoms with Gasteiger partial charge in [-0.1, -0.05) is 30.3 Å². The minimum Gasteiger partial charge on any atom is -0.458 e. The van der Waals surface area contributed by atoms with Crippen LogP contribution in [-0.4, -0.2) is 67.4 Å². The predicted molar refractivity (Wildman–Crippen MR) is 115 cm³/mol. The summed E-state index contributed by atoms with van der Waals surface area (Å²) in [6, 6.07) is 8.97. The Morgan fingerprint density at radius 1 is 1.23 bits per heavy atom. The number of nitrogens with one attached hydrogen (secondary N) is 1. The first-order chi connectivity index (χ1) is 14.7. The average molecular weight is 438 g/mol. The lowest BCUT2D eigenvalue weighted by molar-refractivity contribution is -0.160. The SMILES string of the molecule is CC1OC(=O)C(NC(=O)OC(C)(C)C)COCC(Cc2ccccc2)C1OCCCO. The zero-order valence-electron chi connectivity index (χ0n) is 18.8. The number of hydrogen-bond acceptors (Lipinski definition) is 7. The molecule has 0 aromatic heterocycles. The number of hydrogen-bond donors (Lipinski definition) is 2. The molecule has 0 spiro atoms. The minimum atomic E-state index is -0.981. The van der Waals surface area contributed by atoms with Crippen molar-refractivity contribution >= 4 is 12.1 Å². The van der Waals surface area contributed by atoms with Crippen LogP contribution in [0.25, 0.3) is 0 Å². The molecule has 1 saturated heterocycles. The number of amides is 1. The second kappa shape index (κ2) is 12.0. The second-order valence-electron chi connectivity index (χ2n) is 8.74. The molecule has 1 aromatic carbocycles. The highest BCUT2D eigenvalue weighted by Gasteiger charge is 2.36. The highest BCUT2D eigenvalue weighted by molar-refractivity contribution is 5.81. The van der Waals surface area contributed by atoms with Crippen LogP contribution in [0.5, 0.6) is 0 Å². The van der Waals surface area contributed by atoms with E-state index in [1.54, 1.807) is 27.7 Å². The van der Waals surface area contributed by atoms with Gasteiger partial charge in [-0.15, -0.1) is 0 Å². The van der Waals surface area contributed by atoms with Gasteiger partial charge in [0.05, 0.1) is 19.3 Å². The van der Waals surface area contributed by atoms with E-state index in [1.165, 1.54) is 0 Å². The van der Waals surface area contributed by atoms with Gasteiger partial charge in [0, 0.05) is 19.1 Å². The third-order valence-corrected chi connectivity index (χ3v) is 4.77. The fourth-order valence-corrected chi connectivity index (χ4v) is 3.41. The van der Waals surface area contributed by atoms with Crippen molar-refractivity contribution < 1.29 is 33.6 Å². The number of carbonyl (C=O) groups is 2. The molecule has 8 nitrogen and oxygen atoms in total. The average Bonchev–Trinajstić information content (AvgIpc) is 2.73. The maximum absolute atomic E-state index is 12.7. The molecule has 1 heterocycles. The van der Waals surface area contributed by atoms with Gasteiger partial charge in [-0.3, -0.25) is 0 Å². The fraction of sp³-hybridized carbons (Fsp3) is 0.652. The Labute approximate surface area is 184 Å². The largest absolute Gasteiger partial charge is 0.458 e. The van der Waals surface area contributed by atoms with Gasteiger partial charge in [0.1, 0.15) is 11.7 Å². The molecule has 8 heteroatoms. The van der Waals surface area contributed by atoms with Gasteiger partial charge in [-0.25, -0.2) is 9.59 Å². The van der Waals surface area contributed by atoms with Crippen molar-refractivity contribution in [3.8, 4) is 0 Å². The van der Waals surface area contributed by atoms with E-state index < -0.39 is 35.9 Å². The Bertz CT molecular complexity index is 689. The monoisotopic (exact) mass is 437 g/mol. The van der Waals surface area contributed by atoms with Crippen molar-refractivity contribution in [2.75, 3.05) is 26.4 Å². The summed E-state index contributed by atoms with van der Waals surface area (Å²) in [7, 11) is 0. The van der Waals surface area contributed by atoms with Crippen LogP contribution in [0, 0.1) is 5.92 Å². The van der Waals surface area contributed by atoms with Crippen LogP contribution in [0.2, 0.25) is 0 Å². The summed E-state index contributed by atoms with van der Waals surface area (Å²) in [5.74, 6) is -0.682. The first kappa shape index (κ1) is 25.1. The van der Waals surface area contributed by atoms with Crippen LogP contribution in [0.4, 0.5) is 4.79 Å². The number of aliphatic hydroxyl groups excluding tert-OH is 1. The number of cyclic esters (lactones) is 1. The van der Waals surface area contributed by atoms with Gasteiger partial charge >= 0.3 is 12.1 Å². The zero-order chi connectivity index (χ0) is 22.9. The molecule has 4 atom stereocenters. The summed E-state index contributed by atoms with van der Waals surface area (Å²) in [6.45, 7) is 7.66. The summed E-state index contributed by atoms with van der Waals surface area (Å²) in [5.41, 5.74) is 0.431. The molecule has 1 aliphatic rings. The minimum absolute atomic E-state index is 0.0165. The van der Waals surface area contributed by atoms with Gasteiger partial charge < -0.3 is 29.4 Å². The fourth-order valence-electron chi connectivity index (χ4n) is 3.41. The van der Waals surface area contributed by atoms with Crippen molar-refractivity contribution in [1.29, 1.82) is 0 Å². The molecule has 0 saturated carbocycles. The van der Waals surface area contributed by atoms with E-state index in [9.17, 15) is 9.59 Å². The highest BCUT2D eigenvalue weighted by atomic mass is 16.6. The number of esters is 1. The van der Waals surface area contributed by atoms with Crippen molar-refractivity contribution in [1.82, 2.24) is 5.32 Å². The van der Waals surface area contributed by atoms with Crippen LogP contribution in [0.3, 0.4) is 0 Å². The van der Waals surface area contributed by atoms with E-state index in [0.717, 1.165) is 5.56 Å². The molecule has 2 N–H and O–H groups in total. The van der Waals surface area contributed by atoms with Crippen molar-refractivity contribution in [2.24, 2.45) is 5.92 Å². The van der Waals surface area contributed by atoms with Crippen molar-refractivity contribution in [2.45, 2.75) is 64.4 Å². The van der Waals surface area contributed by atoms with Crippen LogP contribution < -0.4 is 5.32 Å². The van der Waals surface area contributed by atoms with Gasteiger partial charge in [0.2, 0.25) is 0 Å². The van der Waals surface area contributed by atoms with Gasteiger partial charge in [0.25, 0.3) is 0 Å². The van der Waals surface area contributed by atoms with E-state index in [2.05, 4.69) is 5.32 Å². The number of ether oxygens (including phenoxy) is 4. The maximum Gasteiger partial charge on any atom is 0.408 e. The van der Waals surface area contributed by atoms with Crippen LogP contribution in [-0.2, 0) is 30.2 Å². The first-order valence-electron chi connectivity index (χ1n) is 10.7. The quantitative estimate of drug-likeness (QED) is 0.499. The maximum atomic E-state index is 12.7. The van der Waals surface area contributed by atoms with Crippen molar-refractivity contribution in [3.05, 3.63) is 35.9 Å². The molecule has 31 heavy (non-hydrogen) atoms. The summed E-state index contributed by atoms with van der Waals surface area (Å²) < 4.78 is 22.7. The second-order valence-corrected chi connectivity index (χ2v) is 8.74. The topological polar surface area (TPSA) is 103 Å². The van der Waals surface area contributed by atoms with Gasteiger partial charge in [0.15, 0.2) is 6.04 Å². The van der Waals surface area contributed by atoms with Crippen LogP contribution in [0.15, 0.2) is 30.3 Å². The molecular weight excluding hydrogens is 402 g/mol. The Morgan fingerprint density at radius 3 is 2.58 bits per heavy atom. The first-order valence-corrected chi connectivity index (χ1v) is 10.7. The molecule has 1 fully saturated rings. The third-order valence-electron chi connectivity index (χ3n) is 4.77. The van der Waals surface area contributed by atoms with E-state index in [1.807, 2.05) is 30.3 Å². The molecule has 4 unspecified atom stereocenters. The Morgan fingerprint density at radius 2 is 1.94 bits per heavy atom. The molecule has 0 radical (unpaired) electrons. The van der Waals surface area contributed by atoms with Gasteiger partial charge in [-0.05, 0) is 46.1 Å². The molecule has 174 valence electrons. The lowest BCUT2D eigenvalue weighted by atomic mass is 9.91. The molecule has 0 aliphatic carbocycles. The summed E-state index contributed by atoms with van der Waals surface area (Å²) in [4.78, 5) is 24.8. The smallest absolute Gasteiger partial charge is 0.408 e. The van der Waals surface area contributed by atoms with E-state index in [4.69, 9.17) is 24.1 Å². The number of rotatable bonds is 7. The summed E-state index contributed by atoms with van der Waals surface area (Å²) in [6.07, 6.45) is -0.530. The van der Waals surface area contributed by atoms with E-state index in [-0.39, 0.29) is 19.1 Å². The molecule has 1 amide bonds. The van der Waals surface area contributed by atoms with Crippen LogP contribution in [0.1, 0.15) is 39.7 Å². The lowest BCUT2D eigenvalue weighted by Crippen LogP contribution is -2.47. The lowest BCUT2D eigenvalue weighted by Gasteiger charge is -2.31. The summed E-state index contributed by atoms with van der Waals surface area (Å²) >= 11 is 0. The van der Waals surface area contributed by atoms with E-state index in [0.29, 0.717) is 26.1 Å². The molecule has 0 bridgehead atoms. The molecular formula is C23H35NO7. The molecule has 1 aliphatic heterocycles. The molecule has 1 aromatic rings. The standard InChI is InChI=1S/C23H35NO7/c1-16-20(29-12-8-11-25)18(13-17-9-6-5-7-10-17)14-28-15-19(21(26)30-16)24-22(27)31-23(2,3)4/h5-7,9-10,16,18-20,25H,8,11-15H2,1-4H3,(H,24,27). The van der Waals surface area contributed by atoms with E-state index >= 15 is 0 Å². The summed E-state index contributed by atoms with van der Waals surface area (Å²) in [5, 5.41) is 11.6. The predicted octanol–water partition coefficient (Wildman–Crippen LogP) is 2.47. The Kier molecular flexibility index (Phi) is 9.74. The van der Waals surface area contributed by atoms with Crippen LogP contribution >= 0.6 is 0 Å². The van der Waals surface area contributed by atoms with Crippen molar-refractivity contribution in [3.63, 3.8) is 0 Å². The number of benzene rings is 1. The highest BCUT2D eigenvalue weighted by Crippen LogP contribution is 2.23. The normalized spacial score (nSPS) is 25.0. The number of alkyl carbamates (subject to hydrolysis) is 1. The third kappa shape index (κ3) is 8.85. The number of aliphatic hydroxyl groups is 1.